The van der Waals surface area contributed by atoms with E-state index in [-0.39, 0.29) is 25.9 Å². The summed E-state index contributed by atoms with van der Waals surface area (Å²) < 4.78 is 0. The standard InChI is InChI=1S/C10H22O4/c1-2-9(14)4-3-5-10(6-11,7-12)8-13/h9,11-14H,2-8H2,1H3. The number of aliphatic hydroxyl groups is 4. The molecule has 0 radical (unpaired) electrons. The number of hydrogen-bond donors (Lipinski definition) is 4. The first kappa shape index (κ1) is 13.8. The first-order valence-corrected chi connectivity index (χ1v) is 5.14. The maximum absolute atomic E-state index is 9.29. The van der Waals surface area contributed by atoms with Crippen molar-refractivity contribution in [3.63, 3.8) is 0 Å². The Kier molecular flexibility index (Phi) is 7.09. The lowest BCUT2D eigenvalue weighted by Crippen LogP contribution is -2.34. The average Bonchev–Trinajstić information content (AvgIpc) is 2.25. The molecule has 4 N–H and O–H groups in total. The van der Waals surface area contributed by atoms with Crippen molar-refractivity contribution < 1.29 is 20.4 Å². The molecule has 0 aromatic carbocycles. The summed E-state index contributed by atoms with van der Waals surface area (Å²) in [5, 5.41) is 36.3. The lowest BCUT2D eigenvalue weighted by molar-refractivity contribution is -0.00454. The lowest BCUT2D eigenvalue weighted by atomic mass is 9.85. The second kappa shape index (κ2) is 7.17. The highest BCUT2D eigenvalue weighted by Gasteiger charge is 2.27. The topological polar surface area (TPSA) is 80.9 Å². The van der Waals surface area contributed by atoms with Gasteiger partial charge in [0.05, 0.1) is 25.9 Å². The second-order valence-electron chi connectivity index (χ2n) is 3.93. The van der Waals surface area contributed by atoms with Crippen LogP contribution in [0.15, 0.2) is 0 Å². The molecule has 4 nitrogen and oxygen atoms in total. The summed E-state index contributed by atoms with van der Waals surface area (Å²) in [4.78, 5) is 0. The Labute approximate surface area is 85.2 Å². The van der Waals surface area contributed by atoms with Gasteiger partial charge in [-0.05, 0) is 19.3 Å². The van der Waals surface area contributed by atoms with Crippen LogP contribution in [0, 0.1) is 5.41 Å². The van der Waals surface area contributed by atoms with E-state index in [4.69, 9.17) is 15.3 Å². The van der Waals surface area contributed by atoms with Crippen molar-refractivity contribution in [3.8, 4) is 0 Å². The Morgan fingerprint density at radius 3 is 1.93 bits per heavy atom. The van der Waals surface area contributed by atoms with Crippen LogP contribution in [-0.2, 0) is 0 Å². The van der Waals surface area contributed by atoms with Gasteiger partial charge in [0.2, 0.25) is 0 Å². The minimum Gasteiger partial charge on any atom is -0.396 e. The maximum atomic E-state index is 9.29. The van der Waals surface area contributed by atoms with E-state index in [1.54, 1.807) is 0 Å². The highest BCUT2D eigenvalue weighted by Crippen LogP contribution is 2.23. The van der Waals surface area contributed by atoms with E-state index in [0.29, 0.717) is 25.7 Å². The van der Waals surface area contributed by atoms with Gasteiger partial charge in [0, 0.05) is 5.41 Å². The molecule has 0 aliphatic rings. The van der Waals surface area contributed by atoms with Gasteiger partial charge in [-0.1, -0.05) is 13.3 Å². The van der Waals surface area contributed by atoms with Crippen LogP contribution >= 0.6 is 0 Å². The highest BCUT2D eigenvalue weighted by atomic mass is 16.3. The smallest absolute Gasteiger partial charge is 0.0537 e. The molecule has 0 aliphatic heterocycles. The lowest BCUT2D eigenvalue weighted by Gasteiger charge is -2.27. The molecule has 0 fully saturated rings. The van der Waals surface area contributed by atoms with Gasteiger partial charge in [0.25, 0.3) is 0 Å². The van der Waals surface area contributed by atoms with Gasteiger partial charge < -0.3 is 20.4 Å². The molecule has 4 heteroatoms. The van der Waals surface area contributed by atoms with Gasteiger partial charge in [0.15, 0.2) is 0 Å². The summed E-state index contributed by atoms with van der Waals surface area (Å²) in [7, 11) is 0. The SMILES string of the molecule is CCC(O)CCCC(CO)(CO)CO. The molecule has 0 aliphatic carbocycles. The Hall–Kier alpha value is -0.160. The molecule has 0 saturated heterocycles. The van der Waals surface area contributed by atoms with E-state index in [9.17, 15) is 5.11 Å². The first-order chi connectivity index (χ1) is 6.64. The Morgan fingerprint density at radius 1 is 1.07 bits per heavy atom. The van der Waals surface area contributed by atoms with Crippen molar-refractivity contribution in [3.05, 3.63) is 0 Å². The van der Waals surface area contributed by atoms with Crippen molar-refractivity contribution >= 4 is 0 Å². The Morgan fingerprint density at radius 2 is 1.57 bits per heavy atom. The van der Waals surface area contributed by atoms with Gasteiger partial charge in [0.1, 0.15) is 0 Å². The van der Waals surface area contributed by atoms with E-state index in [2.05, 4.69) is 0 Å². The van der Waals surface area contributed by atoms with E-state index in [1.165, 1.54) is 0 Å². The molecule has 0 amide bonds. The van der Waals surface area contributed by atoms with Crippen molar-refractivity contribution in [1.29, 1.82) is 0 Å². The minimum atomic E-state index is -0.784. The summed E-state index contributed by atoms with van der Waals surface area (Å²) >= 11 is 0. The van der Waals surface area contributed by atoms with Crippen LogP contribution in [0.1, 0.15) is 32.6 Å². The first-order valence-electron chi connectivity index (χ1n) is 5.14. The molecule has 0 rings (SSSR count). The molecule has 0 saturated carbocycles. The summed E-state index contributed by atoms with van der Waals surface area (Å²) in [6.45, 7) is 1.24. The fourth-order valence-corrected chi connectivity index (χ4v) is 1.30. The quantitative estimate of drug-likeness (QED) is 0.447. The van der Waals surface area contributed by atoms with Crippen LogP contribution in [0.5, 0.6) is 0 Å². The van der Waals surface area contributed by atoms with Gasteiger partial charge in [-0.2, -0.15) is 0 Å². The molecule has 1 unspecified atom stereocenters. The average molecular weight is 206 g/mol. The van der Waals surface area contributed by atoms with Gasteiger partial charge in [-0.3, -0.25) is 0 Å². The molecular formula is C10H22O4. The van der Waals surface area contributed by atoms with Crippen molar-refractivity contribution in [2.45, 2.75) is 38.7 Å². The van der Waals surface area contributed by atoms with Crippen molar-refractivity contribution in [2.24, 2.45) is 5.41 Å². The Bertz CT molecular complexity index is 126. The van der Waals surface area contributed by atoms with Crippen LogP contribution < -0.4 is 0 Å². The van der Waals surface area contributed by atoms with Crippen LogP contribution in [0.25, 0.3) is 0 Å². The number of aliphatic hydroxyl groups excluding tert-OH is 4. The predicted octanol–water partition coefficient (Wildman–Crippen LogP) is -0.109. The van der Waals surface area contributed by atoms with Crippen LogP contribution in [0.3, 0.4) is 0 Å². The normalized spacial score (nSPS) is 14.4. The third-order valence-corrected chi connectivity index (χ3v) is 2.72. The zero-order valence-corrected chi connectivity index (χ0v) is 8.82. The fraction of sp³-hybridized carbons (Fsp3) is 1.00. The maximum Gasteiger partial charge on any atom is 0.0537 e. The Balaban J connectivity index is 3.82. The molecule has 0 bridgehead atoms. The molecular weight excluding hydrogens is 184 g/mol. The fourth-order valence-electron chi connectivity index (χ4n) is 1.30. The molecule has 1 atom stereocenters. The van der Waals surface area contributed by atoms with Crippen molar-refractivity contribution in [2.75, 3.05) is 19.8 Å². The monoisotopic (exact) mass is 206 g/mol. The van der Waals surface area contributed by atoms with Crippen LogP contribution in [0.4, 0.5) is 0 Å². The molecule has 0 aromatic rings. The van der Waals surface area contributed by atoms with E-state index in [1.807, 2.05) is 6.92 Å². The third kappa shape index (κ3) is 4.37. The third-order valence-electron chi connectivity index (χ3n) is 2.72. The zero-order chi connectivity index (χ0) is 11.0. The summed E-state index contributed by atoms with van der Waals surface area (Å²) in [5.41, 5.74) is -0.784. The van der Waals surface area contributed by atoms with Gasteiger partial charge in [-0.25, -0.2) is 0 Å². The number of rotatable bonds is 8. The van der Waals surface area contributed by atoms with Crippen molar-refractivity contribution in [1.82, 2.24) is 0 Å². The largest absolute Gasteiger partial charge is 0.396 e. The molecule has 86 valence electrons. The van der Waals surface area contributed by atoms with E-state index >= 15 is 0 Å². The van der Waals surface area contributed by atoms with Gasteiger partial charge in [-0.15, -0.1) is 0 Å². The van der Waals surface area contributed by atoms with E-state index in [0.717, 1.165) is 0 Å². The molecule has 14 heavy (non-hydrogen) atoms. The second-order valence-corrected chi connectivity index (χ2v) is 3.93. The number of hydrogen-bond acceptors (Lipinski definition) is 4. The highest BCUT2D eigenvalue weighted by molar-refractivity contribution is 4.77. The summed E-state index contributed by atoms with van der Waals surface area (Å²) in [5.74, 6) is 0. The van der Waals surface area contributed by atoms with Gasteiger partial charge >= 0.3 is 0 Å². The summed E-state index contributed by atoms with van der Waals surface area (Å²) in [6.07, 6.45) is 2.29. The van der Waals surface area contributed by atoms with Crippen LogP contribution in [-0.4, -0.2) is 46.4 Å². The minimum absolute atomic E-state index is 0.220. The summed E-state index contributed by atoms with van der Waals surface area (Å²) in [6, 6.07) is 0. The molecule has 0 heterocycles. The zero-order valence-electron chi connectivity index (χ0n) is 8.82. The molecule has 0 aromatic heterocycles. The molecule has 0 spiro atoms. The van der Waals surface area contributed by atoms with E-state index < -0.39 is 5.41 Å². The predicted molar refractivity (Wildman–Crippen MR) is 53.8 cm³/mol. The van der Waals surface area contributed by atoms with Crippen LogP contribution in [0.2, 0.25) is 0 Å².